The molecule has 1 atom stereocenters. The normalized spacial score (nSPS) is 12.1. The first-order valence-electron chi connectivity index (χ1n) is 5.15. The summed E-state index contributed by atoms with van der Waals surface area (Å²) in [6, 6.07) is 10.8. The molecule has 0 saturated carbocycles. The SMILES string of the molecule is Cc1ccc(CCC(C)CC#N)cc1. The summed E-state index contributed by atoms with van der Waals surface area (Å²) in [5.74, 6) is 0.515. The molecule has 14 heavy (non-hydrogen) atoms. The fourth-order valence-electron chi connectivity index (χ4n) is 1.43. The predicted molar refractivity (Wildman–Crippen MR) is 58.9 cm³/mol. The third-order valence-corrected chi connectivity index (χ3v) is 2.49. The van der Waals surface area contributed by atoms with Crippen molar-refractivity contribution in [2.45, 2.75) is 33.1 Å². The Hall–Kier alpha value is -1.29. The number of hydrogen-bond donors (Lipinski definition) is 0. The van der Waals surface area contributed by atoms with E-state index in [4.69, 9.17) is 5.26 Å². The summed E-state index contributed by atoms with van der Waals surface area (Å²) in [6.45, 7) is 4.24. The van der Waals surface area contributed by atoms with Gasteiger partial charge in [0.1, 0.15) is 0 Å². The number of nitrogens with zero attached hydrogens (tertiary/aromatic N) is 1. The first-order valence-corrected chi connectivity index (χ1v) is 5.15. The van der Waals surface area contributed by atoms with Crippen LogP contribution in [0.1, 0.15) is 30.9 Å². The monoisotopic (exact) mass is 187 g/mol. The molecular formula is C13H17N. The van der Waals surface area contributed by atoms with Crippen molar-refractivity contribution in [3.8, 4) is 6.07 Å². The van der Waals surface area contributed by atoms with E-state index in [0.29, 0.717) is 12.3 Å². The molecule has 0 aromatic heterocycles. The van der Waals surface area contributed by atoms with E-state index in [0.717, 1.165) is 12.8 Å². The minimum atomic E-state index is 0.515. The Morgan fingerprint density at radius 3 is 2.50 bits per heavy atom. The minimum Gasteiger partial charge on any atom is -0.198 e. The molecule has 74 valence electrons. The lowest BCUT2D eigenvalue weighted by atomic mass is 9.98. The molecule has 0 saturated heterocycles. The molecule has 0 heterocycles. The number of nitriles is 1. The maximum absolute atomic E-state index is 8.52. The Morgan fingerprint density at radius 2 is 1.93 bits per heavy atom. The fourth-order valence-corrected chi connectivity index (χ4v) is 1.43. The molecule has 0 aliphatic heterocycles. The fraction of sp³-hybridized carbons (Fsp3) is 0.462. The average molecular weight is 187 g/mol. The van der Waals surface area contributed by atoms with E-state index in [1.165, 1.54) is 11.1 Å². The summed E-state index contributed by atoms with van der Waals surface area (Å²) in [5.41, 5.74) is 2.68. The number of aryl methyl sites for hydroxylation is 2. The molecule has 1 heteroatoms. The van der Waals surface area contributed by atoms with E-state index in [2.05, 4.69) is 44.2 Å². The highest BCUT2D eigenvalue weighted by Gasteiger charge is 2.01. The van der Waals surface area contributed by atoms with Crippen molar-refractivity contribution >= 4 is 0 Å². The Kier molecular flexibility index (Phi) is 4.19. The van der Waals surface area contributed by atoms with Crippen molar-refractivity contribution < 1.29 is 0 Å². The molecule has 0 aliphatic carbocycles. The molecule has 1 unspecified atom stereocenters. The van der Waals surface area contributed by atoms with Crippen LogP contribution in [0.5, 0.6) is 0 Å². The van der Waals surface area contributed by atoms with Crippen molar-refractivity contribution in [1.82, 2.24) is 0 Å². The van der Waals surface area contributed by atoms with Gasteiger partial charge in [0.25, 0.3) is 0 Å². The van der Waals surface area contributed by atoms with Gasteiger partial charge in [0, 0.05) is 6.42 Å². The summed E-state index contributed by atoms with van der Waals surface area (Å²) in [4.78, 5) is 0. The Bertz CT molecular complexity index is 305. The summed E-state index contributed by atoms with van der Waals surface area (Å²) in [7, 11) is 0. The number of hydrogen-bond acceptors (Lipinski definition) is 1. The van der Waals surface area contributed by atoms with Gasteiger partial charge in [-0.25, -0.2) is 0 Å². The van der Waals surface area contributed by atoms with Crippen LogP contribution in [0.15, 0.2) is 24.3 Å². The smallest absolute Gasteiger partial charge is 0.0624 e. The van der Waals surface area contributed by atoms with E-state index < -0.39 is 0 Å². The lowest BCUT2D eigenvalue weighted by Crippen LogP contribution is -1.96. The van der Waals surface area contributed by atoms with Crippen LogP contribution >= 0.6 is 0 Å². The largest absolute Gasteiger partial charge is 0.198 e. The quantitative estimate of drug-likeness (QED) is 0.708. The zero-order chi connectivity index (χ0) is 10.4. The van der Waals surface area contributed by atoms with Gasteiger partial charge in [-0.1, -0.05) is 36.8 Å². The van der Waals surface area contributed by atoms with E-state index in [1.807, 2.05) is 0 Å². The maximum Gasteiger partial charge on any atom is 0.0624 e. The minimum absolute atomic E-state index is 0.515. The van der Waals surface area contributed by atoms with Gasteiger partial charge < -0.3 is 0 Å². The Balaban J connectivity index is 2.39. The van der Waals surface area contributed by atoms with E-state index >= 15 is 0 Å². The molecule has 1 rings (SSSR count). The third-order valence-electron chi connectivity index (χ3n) is 2.49. The van der Waals surface area contributed by atoms with E-state index in [9.17, 15) is 0 Å². The van der Waals surface area contributed by atoms with Crippen LogP contribution in [0.2, 0.25) is 0 Å². The van der Waals surface area contributed by atoms with E-state index in [-0.39, 0.29) is 0 Å². The molecule has 0 aliphatic rings. The van der Waals surface area contributed by atoms with Crippen LogP contribution in [-0.4, -0.2) is 0 Å². The standard InChI is InChI=1S/C13H17N/c1-11-3-6-13(7-4-11)8-5-12(2)9-10-14/h3-4,6-7,12H,5,8-9H2,1-2H3. The van der Waals surface area contributed by atoms with Crippen molar-refractivity contribution in [2.75, 3.05) is 0 Å². The van der Waals surface area contributed by atoms with Crippen LogP contribution in [0, 0.1) is 24.2 Å². The topological polar surface area (TPSA) is 23.8 Å². The molecule has 0 spiro atoms. The molecule has 0 radical (unpaired) electrons. The predicted octanol–water partition coefficient (Wildman–Crippen LogP) is 3.48. The van der Waals surface area contributed by atoms with Crippen molar-refractivity contribution in [2.24, 2.45) is 5.92 Å². The van der Waals surface area contributed by atoms with Gasteiger partial charge in [0.2, 0.25) is 0 Å². The van der Waals surface area contributed by atoms with Gasteiger partial charge in [-0.3, -0.25) is 0 Å². The summed E-state index contributed by atoms with van der Waals surface area (Å²) in [5, 5.41) is 8.52. The first kappa shape index (κ1) is 10.8. The summed E-state index contributed by atoms with van der Waals surface area (Å²) < 4.78 is 0. The molecular weight excluding hydrogens is 170 g/mol. The van der Waals surface area contributed by atoms with Crippen LogP contribution < -0.4 is 0 Å². The summed E-state index contributed by atoms with van der Waals surface area (Å²) in [6.07, 6.45) is 2.87. The maximum atomic E-state index is 8.52. The van der Waals surface area contributed by atoms with Gasteiger partial charge in [-0.05, 0) is 31.2 Å². The van der Waals surface area contributed by atoms with Crippen molar-refractivity contribution in [3.05, 3.63) is 35.4 Å². The first-order chi connectivity index (χ1) is 6.72. The van der Waals surface area contributed by atoms with Crippen molar-refractivity contribution in [3.63, 3.8) is 0 Å². The van der Waals surface area contributed by atoms with Crippen LogP contribution in [0.4, 0.5) is 0 Å². The highest BCUT2D eigenvalue weighted by atomic mass is 14.2. The molecule has 0 N–H and O–H groups in total. The number of rotatable bonds is 4. The highest BCUT2D eigenvalue weighted by Crippen LogP contribution is 2.12. The van der Waals surface area contributed by atoms with Gasteiger partial charge in [-0.15, -0.1) is 0 Å². The van der Waals surface area contributed by atoms with Gasteiger partial charge in [0.15, 0.2) is 0 Å². The van der Waals surface area contributed by atoms with Crippen molar-refractivity contribution in [1.29, 1.82) is 5.26 Å². The molecule has 1 aromatic rings. The second-order valence-electron chi connectivity index (χ2n) is 3.99. The van der Waals surface area contributed by atoms with Gasteiger partial charge >= 0.3 is 0 Å². The second kappa shape index (κ2) is 5.44. The Labute approximate surface area is 86.4 Å². The number of benzene rings is 1. The third kappa shape index (κ3) is 3.62. The molecule has 1 nitrogen and oxygen atoms in total. The van der Waals surface area contributed by atoms with Crippen LogP contribution in [0.25, 0.3) is 0 Å². The van der Waals surface area contributed by atoms with Crippen LogP contribution in [0.3, 0.4) is 0 Å². The zero-order valence-corrected chi connectivity index (χ0v) is 8.96. The van der Waals surface area contributed by atoms with E-state index in [1.54, 1.807) is 0 Å². The summed E-state index contributed by atoms with van der Waals surface area (Å²) >= 11 is 0. The molecule has 0 amide bonds. The van der Waals surface area contributed by atoms with Gasteiger partial charge in [-0.2, -0.15) is 5.26 Å². The second-order valence-corrected chi connectivity index (χ2v) is 3.99. The molecule has 0 bridgehead atoms. The lowest BCUT2D eigenvalue weighted by Gasteiger charge is -2.06. The van der Waals surface area contributed by atoms with Gasteiger partial charge in [0.05, 0.1) is 6.07 Å². The Morgan fingerprint density at radius 1 is 1.29 bits per heavy atom. The average Bonchev–Trinajstić information content (AvgIpc) is 2.17. The lowest BCUT2D eigenvalue weighted by molar-refractivity contribution is 0.545. The molecule has 1 aromatic carbocycles. The molecule has 0 fully saturated rings. The zero-order valence-electron chi connectivity index (χ0n) is 8.96. The highest BCUT2D eigenvalue weighted by molar-refractivity contribution is 5.21. The van der Waals surface area contributed by atoms with Crippen LogP contribution in [-0.2, 0) is 6.42 Å².